The van der Waals surface area contributed by atoms with Crippen molar-refractivity contribution in [3.05, 3.63) is 35.9 Å². The summed E-state index contributed by atoms with van der Waals surface area (Å²) < 4.78 is 1.86. The molecule has 0 aromatic heterocycles. The van der Waals surface area contributed by atoms with Crippen molar-refractivity contribution >= 4 is 17.7 Å². The summed E-state index contributed by atoms with van der Waals surface area (Å²) in [4.78, 5) is 22.6. The molecule has 6 nitrogen and oxygen atoms in total. The Kier molecular flexibility index (Phi) is 6.88. The lowest BCUT2D eigenvalue weighted by Gasteiger charge is -2.04. The fourth-order valence-corrected chi connectivity index (χ4v) is 1.11. The monoisotopic (exact) mass is 265 g/mol. The number of hydrogen-bond donors (Lipinski definition) is 1. The maximum Gasteiger partial charge on any atom is 0.344 e. The van der Waals surface area contributed by atoms with Crippen LogP contribution in [0.1, 0.15) is 10.4 Å². The molecule has 0 bridgehead atoms. The number of carboxylic acid groups (broad SMARTS) is 1. The van der Waals surface area contributed by atoms with Crippen molar-refractivity contribution in [3.63, 3.8) is 0 Å². The van der Waals surface area contributed by atoms with Gasteiger partial charge in [0.25, 0.3) is 0 Å². The van der Waals surface area contributed by atoms with Gasteiger partial charge in [0.05, 0.1) is 28.2 Å². The quantitative estimate of drug-likeness (QED) is 0.237. The number of nitrogens with two attached hydrogens (primary N) is 1. The lowest BCUT2D eigenvalue weighted by atomic mass is 10.1. The molecule has 2 N–H and O–H groups in total. The van der Waals surface area contributed by atoms with E-state index in [0.29, 0.717) is 0 Å². The van der Waals surface area contributed by atoms with Crippen molar-refractivity contribution in [2.75, 3.05) is 28.2 Å². The molecule has 0 spiro atoms. The van der Waals surface area contributed by atoms with E-state index in [1.54, 1.807) is 18.2 Å². The van der Waals surface area contributed by atoms with E-state index < -0.39 is 11.8 Å². The number of rotatable bonds is 2. The van der Waals surface area contributed by atoms with Crippen molar-refractivity contribution in [2.45, 2.75) is 0 Å². The van der Waals surface area contributed by atoms with Gasteiger partial charge < -0.3 is 9.90 Å². The van der Waals surface area contributed by atoms with E-state index in [1.807, 2.05) is 37.7 Å². The van der Waals surface area contributed by atoms with E-state index in [-0.39, 0.29) is 5.56 Å². The van der Waals surface area contributed by atoms with Crippen LogP contribution in [0.15, 0.2) is 30.3 Å². The third-order valence-electron chi connectivity index (χ3n) is 2.14. The van der Waals surface area contributed by atoms with E-state index in [1.165, 1.54) is 12.1 Å². The van der Waals surface area contributed by atoms with Crippen molar-refractivity contribution in [1.82, 2.24) is 4.90 Å². The molecule has 1 rings (SSSR count). The van der Waals surface area contributed by atoms with Gasteiger partial charge in [-0.2, -0.15) is 0 Å². The third-order valence-corrected chi connectivity index (χ3v) is 2.14. The zero-order chi connectivity index (χ0) is 15.0. The van der Waals surface area contributed by atoms with E-state index in [0.717, 1.165) is 5.96 Å². The lowest BCUT2D eigenvalue weighted by Crippen LogP contribution is -2.36. The van der Waals surface area contributed by atoms with Crippen LogP contribution in [0.5, 0.6) is 0 Å². The summed E-state index contributed by atoms with van der Waals surface area (Å²) in [6, 6.07) is 7.74. The summed E-state index contributed by atoms with van der Waals surface area (Å²) in [5.41, 5.74) is 5.67. The molecule has 0 fully saturated rings. The minimum absolute atomic E-state index is 0.146. The highest BCUT2D eigenvalue weighted by Gasteiger charge is 2.03. The van der Waals surface area contributed by atoms with Gasteiger partial charge in [-0.05, 0) is 0 Å². The number of aliphatic carboxylic acids is 1. The molecular weight excluding hydrogens is 246 g/mol. The SMILES string of the molecule is CN(C)C(N)=[N+](C)C.O=C([O-])C(=O)c1ccccc1. The Labute approximate surface area is 112 Å². The maximum absolute atomic E-state index is 10.7. The topological polar surface area (TPSA) is 89.5 Å². The Hall–Kier alpha value is -2.37. The number of guanidine groups is 1. The summed E-state index contributed by atoms with van der Waals surface area (Å²) in [5.74, 6) is -1.88. The maximum atomic E-state index is 10.7. The second-order valence-corrected chi connectivity index (χ2v) is 4.13. The van der Waals surface area contributed by atoms with Crippen LogP contribution in [0.25, 0.3) is 0 Å². The Bertz CT molecular complexity index is 463. The second-order valence-electron chi connectivity index (χ2n) is 4.13. The van der Waals surface area contributed by atoms with Gasteiger partial charge in [-0.3, -0.25) is 20.0 Å². The number of carboxylic acids is 1. The predicted molar refractivity (Wildman–Crippen MR) is 70.8 cm³/mol. The zero-order valence-corrected chi connectivity index (χ0v) is 11.6. The molecule has 1 aromatic carbocycles. The molecule has 0 aliphatic heterocycles. The molecule has 0 atom stereocenters. The van der Waals surface area contributed by atoms with Crippen molar-refractivity contribution in [3.8, 4) is 0 Å². The van der Waals surface area contributed by atoms with Crippen molar-refractivity contribution < 1.29 is 19.3 Å². The van der Waals surface area contributed by atoms with E-state index >= 15 is 0 Å². The second kappa shape index (κ2) is 7.86. The summed E-state index contributed by atoms with van der Waals surface area (Å²) in [6.45, 7) is 0. The minimum Gasteiger partial charge on any atom is -0.541 e. The van der Waals surface area contributed by atoms with Gasteiger partial charge in [-0.25, -0.2) is 0 Å². The highest BCUT2D eigenvalue weighted by Crippen LogP contribution is 1.98. The highest BCUT2D eigenvalue weighted by molar-refractivity contribution is 6.38. The van der Waals surface area contributed by atoms with Crippen LogP contribution in [0.2, 0.25) is 0 Å². The van der Waals surface area contributed by atoms with Crippen LogP contribution in [0.4, 0.5) is 0 Å². The normalized spacial score (nSPS) is 8.84. The average molecular weight is 265 g/mol. The average Bonchev–Trinajstić information content (AvgIpc) is 2.38. The molecule has 0 amide bonds. The number of nitrogens with zero attached hydrogens (tertiary/aromatic N) is 2. The standard InChI is InChI=1S/C8H6O3.C5H13N3/c9-7(8(10)11)6-4-2-1-3-5-6;1-7(2)5(6)8(3)4/h1-5H,(H,10,11);6H,1-4H3. The zero-order valence-electron chi connectivity index (χ0n) is 11.6. The number of carbonyl (C=O) groups is 2. The van der Waals surface area contributed by atoms with E-state index in [9.17, 15) is 14.7 Å². The molecule has 19 heavy (non-hydrogen) atoms. The molecule has 0 heterocycles. The van der Waals surface area contributed by atoms with Gasteiger partial charge in [0.15, 0.2) is 0 Å². The Morgan fingerprint density at radius 2 is 1.63 bits per heavy atom. The first-order valence-corrected chi connectivity index (χ1v) is 5.55. The molecule has 0 saturated carbocycles. The number of benzene rings is 1. The Balaban J connectivity index is 0.000000362. The van der Waals surface area contributed by atoms with Gasteiger partial charge in [-0.15, -0.1) is 0 Å². The molecule has 104 valence electrons. The number of carbonyl (C=O) groups excluding carboxylic acids is 2. The molecule has 0 aliphatic rings. The first-order valence-electron chi connectivity index (χ1n) is 5.55. The predicted octanol–water partition coefficient (Wildman–Crippen LogP) is -1.25. The molecule has 0 radical (unpaired) electrons. The van der Waals surface area contributed by atoms with Crippen LogP contribution in [0, 0.1) is 0 Å². The summed E-state index contributed by atoms with van der Waals surface area (Å²) in [5, 5.41) is 10.0. The van der Waals surface area contributed by atoms with Crippen molar-refractivity contribution in [1.29, 1.82) is 0 Å². The van der Waals surface area contributed by atoms with Gasteiger partial charge in [0, 0.05) is 5.56 Å². The van der Waals surface area contributed by atoms with Crippen LogP contribution in [0.3, 0.4) is 0 Å². The van der Waals surface area contributed by atoms with Gasteiger partial charge in [-0.1, -0.05) is 30.3 Å². The molecular formula is C13H19N3O3. The summed E-state index contributed by atoms with van der Waals surface area (Å²) >= 11 is 0. The molecule has 6 heteroatoms. The minimum atomic E-state index is -1.67. The largest absolute Gasteiger partial charge is 0.541 e. The fraction of sp³-hybridized carbons (Fsp3) is 0.308. The Morgan fingerprint density at radius 3 is 1.89 bits per heavy atom. The fourth-order valence-electron chi connectivity index (χ4n) is 1.11. The lowest BCUT2D eigenvalue weighted by molar-refractivity contribution is -0.470. The van der Waals surface area contributed by atoms with Crippen LogP contribution >= 0.6 is 0 Å². The van der Waals surface area contributed by atoms with Crippen molar-refractivity contribution in [2.24, 2.45) is 5.73 Å². The Morgan fingerprint density at radius 1 is 1.16 bits per heavy atom. The van der Waals surface area contributed by atoms with E-state index in [4.69, 9.17) is 5.73 Å². The van der Waals surface area contributed by atoms with Gasteiger partial charge in [0.1, 0.15) is 5.97 Å². The summed E-state index contributed by atoms with van der Waals surface area (Å²) in [6.07, 6.45) is 0. The van der Waals surface area contributed by atoms with Gasteiger partial charge >= 0.3 is 5.96 Å². The number of Topliss-reactive ketones (excluding diaryl/α,β-unsaturated/α-hetero) is 1. The molecule has 0 saturated heterocycles. The first-order chi connectivity index (χ1) is 8.77. The first kappa shape index (κ1) is 16.6. The smallest absolute Gasteiger partial charge is 0.344 e. The summed E-state index contributed by atoms with van der Waals surface area (Å²) in [7, 11) is 7.65. The number of ketones is 1. The highest BCUT2D eigenvalue weighted by atomic mass is 16.4. The third kappa shape index (κ3) is 6.21. The molecule has 1 aromatic rings. The van der Waals surface area contributed by atoms with Crippen LogP contribution in [-0.2, 0) is 4.79 Å². The molecule has 0 unspecified atom stereocenters. The van der Waals surface area contributed by atoms with Gasteiger partial charge in [0.2, 0.25) is 5.78 Å². The molecule has 0 aliphatic carbocycles. The van der Waals surface area contributed by atoms with Crippen LogP contribution < -0.4 is 10.8 Å². The van der Waals surface area contributed by atoms with Crippen LogP contribution in [-0.4, -0.2) is 55.4 Å². The van der Waals surface area contributed by atoms with E-state index in [2.05, 4.69) is 0 Å². The number of hydrogen-bond acceptors (Lipinski definition) is 3.